The predicted molar refractivity (Wildman–Crippen MR) is 82.5 cm³/mol. The molecule has 0 spiro atoms. The van der Waals surface area contributed by atoms with Gasteiger partial charge in [-0.1, -0.05) is 13.8 Å². The second kappa shape index (κ2) is 8.92. The van der Waals surface area contributed by atoms with E-state index in [2.05, 4.69) is 5.32 Å². The van der Waals surface area contributed by atoms with Crippen molar-refractivity contribution >= 4 is 11.9 Å². The van der Waals surface area contributed by atoms with Gasteiger partial charge in [0.25, 0.3) is 5.91 Å². The first kappa shape index (κ1) is 17.8. The van der Waals surface area contributed by atoms with E-state index in [9.17, 15) is 9.59 Å². The number of benzene rings is 1. The van der Waals surface area contributed by atoms with Crippen LogP contribution in [0.25, 0.3) is 0 Å². The summed E-state index contributed by atoms with van der Waals surface area (Å²) in [4.78, 5) is 22.6. The number of carbonyl (C=O) groups is 2. The molecule has 1 amide bonds. The molecular formula is C16H23NO5. The number of nitrogens with one attached hydrogen (secondary N) is 1. The quantitative estimate of drug-likeness (QED) is 0.684. The van der Waals surface area contributed by atoms with Crippen molar-refractivity contribution in [2.75, 3.05) is 20.3 Å². The van der Waals surface area contributed by atoms with E-state index in [1.165, 1.54) is 0 Å². The van der Waals surface area contributed by atoms with E-state index >= 15 is 0 Å². The fourth-order valence-electron chi connectivity index (χ4n) is 1.73. The van der Waals surface area contributed by atoms with Crippen LogP contribution < -0.4 is 14.8 Å². The molecule has 22 heavy (non-hydrogen) atoms. The van der Waals surface area contributed by atoms with Crippen molar-refractivity contribution in [2.24, 2.45) is 5.92 Å². The van der Waals surface area contributed by atoms with E-state index in [1.54, 1.807) is 25.3 Å². The van der Waals surface area contributed by atoms with Crippen LogP contribution in [0.3, 0.4) is 0 Å². The summed E-state index contributed by atoms with van der Waals surface area (Å²) >= 11 is 0. The first-order valence-corrected chi connectivity index (χ1v) is 7.25. The molecule has 0 aliphatic rings. The van der Waals surface area contributed by atoms with Crippen LogP contribution in [0.15, 0.2) is 18.2 Å². The second-order valence-electron chi connectivity index (χ2n) is 5.32. The summed E-state index contributed by atoms with van der Waals surface area (Å²) in [6.07, 6.45) is 0.416. The molecule has 0 aromatic heterocycles. The number of hydrogen-bond donors (Lipinski definition) is 2. The van der Waals surface area contributed by atoms with Gasteiger partial charge in [0.05, 0.1) is 19.3 Å². The lowest BCUT2D eigenvalue weighted by Gasteiger charge is -2.14. The van der Waals surface area contributed by atoms with Crippen LogP contribution in [0.4, 0.5) is 0 Å². The molecule has 0 unspecified atom stereocenters. The number of aliphatic carboxylic acids is 1. The Balaban J connectivity index is 2.73. The van der Waals surface area contributed by atoms with Crippen LogP contribution in [-0.2, 0) is 4.79 Å². The van der Waals surface area contributed by atoms with E-state index in [0.717, 1.165) is 0 Å². The van der Waals surface area contributed by atoms with E-state index in [0.29, 0.717) is 42.6 Å². The maximum Gasteiger partial charge on any atom is 0.303 e. The molecule has 0 heterocycles. The SMILES string of the molecule is COc1ccc(C(=O)NCCCC(=O)O)c(OCC(C)C)c1. The molecule has 1 rings (SSSR count). The van der Waals surface area contributed by atoms with Crippen LogP contribution in [0, 0.1) is 5.92 Å². The molecular weight excluding hydrogens is 286 g/mol. The van der Waals surface area contributed by atoms with Gasteiger partial charge in [0.15, 0.2) is 0 Å². The zero-order chi connectivity index (χ0) is 16.5. The van der Waals surface area contributed by atoms with Gasteiger partial charge in [-0.2, -0.15) is 0 Å². The molecule has 0 aliphatic heterocycles. The lowest BCUT2D eigenvalue weighted by atomic mass is 10.1. The number of carbonyl (C=O) groups excluding carboxylic acids is 1. The Morgan fingerprint density at radius 3 is 2.64 bits per heavy atom. The van der Waals surface area contributed by atoms with E-state index in [-0.39, 0.29) is 12.3 Å². The molecule has 6 nitrogen and oxygen atoms in total. The monoisotopic (exact) mass is 309 g/mol. The summed E-state index contributed by atoms with van der Waals surface area (Å²) in [7, 11) is 1.55. The van der Waals surface area contributed by atoms with E-state index in [4.69, 9.17) is 14.6 Å². The molecule has 0 radical (unpaired) electrons. The molecule has 0 saturated heterocycles. The van der Waals surface area contributed by atoms with Crippen LogP contribution in [-0.4, -0.2) is 37.2 Å². The molecule has 2 N–H and O–H groups in total. The van der Waals surface area contributed by atoms with E-state index < -0.39 is 5.97 Å². The number of hydrogen-bond acceptors (Lipinski definition) is 4. The van der Waals surface area contributed by atoms with Crippen molar-refractivity contribution in [2.45, 2.75) is 26.7 Å². The number of carboxylic acid groups (broad SMARTS) is 1. The topological polar surface area (TPSA) is 84.9 Å². The van der Waals surface area contributed by atoms with Gasteiger partial charge < -0.3 is 19.9 Å². The molecule has 1 aromatic carbocycles. The van der Waals surface area contributed by atoms with Crippen LogP contribution in [0.2, 0.25) is 0 Å². The third-order valence-electron chi connectivity index (χ3n) is 2.86. The van der Waals surface area contributed by atoms with Crippen molar-refractivity contribution in [3.8, 4) is 11.5 Å². The lowest BCUT2D eigenvalue weighted by molar-refractivity contribution is -0.137. The first-order chi connectivity index (χ1) is 10.4. The minimum absolute atomic E-state index is 0.0274. The van der Waals surface area contributed by atoms with E-state index in [1.807, 2.05) is 13.8 Å². The number of carboxylic acids is 1. The van der Waals surface area contributed by atoms with Gasteiger partial charge >= 0.3 is 5.97 Å². The fourth-order valence-corrected chi connectivity index (χ4v) is 1.73. The third kappa shape index (κ3) is 6.03. The number of methoxy groups -OCH3 is 1. The minimum Gasteiger partial charge on any atom is -0.497 e. The van der Waals surface area contributed by atoms with Gasteiger partial charge in [0.1, 0.15) is 11.5 Å². The van der Waals surface area contributed by atoms with Gasteiger partial charge in [0, 0.05) is 19.0 Å². The standard InChI is InChI=1S/C16H23NO5/c1-11(2)10-22-14-9-12(21-3)6-7-13(14)16(20)17-8-4-5-15(18)19/h6-7,9,11H,4-5,8,10H2,1-3H3,(H,17,20)(H,18,19). The Kier molecular flexibility index (Phi) is 7.22. The lowest BCUT2D eigenvalue weighted by Crippen LogP contribution is -2.25. The largest absolute Gasteiger partial charge is 0.497 e. The molecule has 0 saturated carbocycles. The van der Waals surface area contributed by atoms with Gasteiger partial charge in [0.2, 0.25) is 0 Å². The highest BCUT2D eigenvalue weighted by atomic mass is 16.5. The summed E-state index contributed by atoms with van der Waals surface area (Å²) in [5, 5.41) is 11.3. The van der Waals surface area contributed by atoms with Crippen molar-refractivity contribution in [3.05, 3.63) is 23.8 Å². The van der Waals surface area contributed by atoms with Gasteiger partial charge in [-0.15, -0.1) is 0 Å². The average molecular weight is 309 g/mol. The molecule has 122 valence electrons. The first-order valence-electron chi connectivity index (χ1n) is 7.25. The predicted octanol–water partition coefficient (Wildman–Crippen LogP) is 2.32. The fraction of sp³-hybridized carbons (Fsp3) is 0.500. The molecule has 0 fully saturated rings. The van der Waals surface area contributed by atoms with Crippen molar-refractivity contribution in [1.82, 2.24) is 5.32 Å². The Bertz CT molecular complexity index is 513. The Morgan fingerprint density at radius 1 is 1.32 bits per heavy atom. The smallest absolute Gasteiger partial charge is 0.303 e. The van der Waals surface area contributed by atoms with Crippen LogP contribution >= 0.6 is 0 Å². The summed E-state index contributed by atoms with van der Waals surface area (Å²) in [6.45, 7) is 4.84. The van der Waals surface area contributed by atoms with Crippen molar-refractivity contribution in [1.29, 1.82) is 0 Å². The second-order valence-corrected chi connectivity index (χ2v) is 5.32. The molecule has 0 bridgehead atoms. The highest BCUT2D eigenvalue weighted by molar-refractivity contribution is 5.97. The van der Waals surface area contributed by atoms with Crippen molar-refractivity contribution < 1.29 is 24.2 Å². The normalized spacial score (nSPS) is 10.4. The molecule has 6 heteroatoms. The van der Waals surface area contributed by atoms with Gasteiger partial charge in [-0.3, -0.25) is 9.59 Å². The maximum absolute atomic E-state index is 12.2. The van der Waals surface area contributed by atoms with Crippen LogP contribution in [0.5, 0.6) is 11.5 Å². The van der Waals surface area contributed by atoms with Crippen molar-refractivity contribution in [3.63, 3.8) is 0 Å². The molecule has 1 aromatic rings. The summed E-state index contributed by atoms with van der Waals surface area (Å²) in [5.41, 5.74) is 0.414. The Labute approximate surface area is 130 Å². The highest BCUT2D eigenvalue weighted by Gasteiger charge is 2.14. The summed E-state index contributed by atoms with van der Waals surface area (Å²) in [6, 6.07) is 5.00. The Hall–Kier alpha value is -2.24. The zero-order valence-electron chi connectivity index (χ0n) is 13.2. The Morgan fingerprint density at radius 2 is 2.05 bits per heavy atom. The number of ether oxygens (including phenoxy) is 2. The summed E-state index contributed by atoms with van der Waals surface area (Å²) in [5.74, 6) is 0.245. The number of amides is 1. The highest BCUT2D eigenvalue weighted by Crippen LogP contribution is 2.25. The van der Waals surface area contributed by atoms with Crippen LogP contribution in [0.1, 0.15) is 37.0 Å². The minimum atomic E-state index is -0.875. The number of rotatable bonds is 9. The summed E-state index contributed by atoms with van der Waals surface area (Å²) < 4.78 is 10.8. The molecule has 0 aliphatic carbocycles. The maximum atomic E-state index is 12.2. The zero-order valence-corrected chi connectivity index (χ0v) is 13.2. The van der Waals surface area contributed by atoms with Gasteiger partial charge in [-0.05, 0) is 24.5 Å². The third-order valence-corrected chi connectivity index (χ3v) is 2.86. The average Bonchev–Trinajstić information content (AvgIpc) is 2.48. The molecule has 0 atom stereocenters. The van der Waals surface area contributed by atoms with Gasteiger partial charge in [-0.25, -0.2) is 0 Å².